The Morgan fingerprint density at radius 1 is 1.35 bits per heavy atom. The number of rotatable bonds is 5. The first-order valence-corrected chi connectivity index (χ1v) is 9.02. The van der Waals surface area contributed by atoms with Crippen LogP contribution in [0.4, 0.5) is 5.69 Å². The Bertz CT molecular complexity index is 695. The molecular formula is C12H12BrNO4S2. The zero-order valence-electron chi connectivity index (χ0n) is 10.5. The Morgan fingerprint density at radius 2 is 2.00 bits per heavy atom. The third-order valence-electron chi connectivity index (χ3n) is 2.49. The maximum Gasteiger partial charge on any atom is 0.266 e. The van der Waals surface area contributed by atoms with Crippen molar-refractivity contribution in [3.8, 4) is 0 Å². The molecule has 5 nitrogen and oxygen atoms in total. The molecule has 0 unspecified atom stereocenters. The van der Waals surface area contributed by atoms with Crippen LogP contribution in [0.15, 0.2) is 49.2 Å². The third-order valence-corrected chi connectivity index (χ3v) is 5.48. The lowest BCUT2D eigenvalue weighted by Gasteiger charge is -2.07. The lowest BCUT2D eigenvalue weighted by molar-refractivity contribution is 0.245. The first-order chi connectivity index (χ1) is 9.46. The zero-order valence-corrected chi connectivity index (χ0v) is 13.7. The summed E-state index contributed by atoms with van der Waals surface area (Å²) >= 11 is 4.60. The molecule has 108 valence electrons. The van der Waals surface area contributed by atoms with Crippen molar-refractivity contribution in [1.82, 2.24) is 0 Å². The minimum atomic E-state index is -3.76. The van der Waals surface area contributed by atoms with E-state index in [0.717, 1.165) is 4.90 Å². The second-order valence-electron chi connectivity index (χ2n) is 3.84. The number of aliphatic hydroxyl groups excluding tert-OH is 1. The Morgan fingerprint density at radius 3 is 2.50 bits per heavy atom. The van der Waals surface area contributed by atoms with Gasteiger partial charge in [0.2, 0.25) is 0 Å². The summed E-state index contributed by atoms with van der Waals surface area (Å²) < 4.78 is 32.0. The maximum atomic E-state index is 12.2. The molecule has 1 heterocycles. The zero-order chi connectivity index (χ0) is 14.8. The van der Waals surface area contributed by atoms with E-state index in [4.69, 9.17) is 9.52 Å². The highest BCUT2D eigenvalue weighted by molar-refractivity contribution is 9.10. The molecular weight excluding hydrogens is 366 g/mol. The largest absolute Gasteiger partial charge is 0.450 e. The van der Waals surface area contributed by atoms with Crippen molar-refractivity contribution in [2.24, 2.45) is 0 Å². The van der Waals surface area contributed by atoms with Crippen LogP contribution in [0.1, 0.15) is 5.76 Å². The lowest BCUT2D eigenvalue weighted by Crippen LogP contribution is -2.12. The number of nitrogens with one attached hydrogen (secondary N) is 1. The average molecular weight is 378 g/mol. The van der Waals surface area contributed by atoms with Gasteiger partial charge in [0.15, 0.2) is 4.67 Å². The van der Waals surface area contributed by atoms with Gasteiger partial charge < -0.3 is 9.52 Å². The number of sulfonamides is 1. The van der Waals surface area contributed by atoms with Gasteiger partial charge in [-0.25, -0.2) is 8.42 Å². The summed E-state index contributed by atoms with van der Waals surface area (Å²) in [7, 11) is -3.76. The van der Waals surface area contributed by atoms with Gasteiger partial charge in [-0.05, 0) is 46.5 Å². The van der Waals surface area contributed by atoms with Crippen molar-refractivity contribution >= 4 is 43.4 Å². The van der Waals surface area contributed by atoms with E-state index >= 15 is 0 Å². The molecule has 0 fully saturated rings. The molecule has 0 saturated carbocycles. The van der Waals surface area contributed by atoms with E-state index in [9.17, 15) is 8.42 Å². The van der Waals surface area contributed by atoms with Gasteiger partial charge in [0.1, 0.15) is 17.3 Å². The van der Waals surface area contributed by atoms with Gasteiger partial charge >= 0.3 is 0 Å². The van der Waals surface area contributed by atoms with Crippen LogP contribution >= 0.6 is 27.7 Å². The Kier molecular flexibility index (Phi) is 4.79. The summed E-state index contributed by atoms with van der Waals surface area (Å²) in [4.78, 5) is 0.996. The molecule has 0 radical (unpaired) electrons. The van der Waals surface area contributed by atoms with Crippen LogP contribution in [0.25, 0.3) is 0 Å². The van der Waals surface area contributed by atoms with Crippen LogP contribution < -0.4 is 4.72 Å². The second kappa shape index (κ2) is 6.21. The molecule has 1 aromatic carbocycles. The Hall–Kier alpha value is -0.960. The summed E-state index contributed by atoms with van der Waals surface area (Å²) in [6.07, 6.45) is 1.94. The molecule has 0 bridgehead atoms. The Balaban J connectivity index is 2.27. The van der Waals surface area contributed by atoms with Crippen LogP contribution in [0.5, 0.6) is 0 Å². The van der Waals surface area contributed by atoms with Crippen molar-refractivity contribution in [1.29, 1.82) is 0 Å². The predicted molar refractivity (Wildman–Crippen MR) is 81.4 cm³/mol. The normalized spacial score (nSPS) is 11.6. The SMILES string of the molecule is CSc1ccc(NS(=O)(=O)c2cc(CO)oc2Br)cc1. The number of hydrogen-bond acceptors (Lipinski definition) is 5. The number of anilines is 1. The first kappa shape index (κ1) is 15.4. The number of benzene rings is 1. The smallest absolute Gasteiger partial charge is 0.266 e. The van der Waals surface area contributed by atoms with Crippen molar-refractivity contribution in [3.63, 3.8) is 0 Å². The number of furan rings is 1. The van der Waals surface area contributed by atoms with E-state index in [2.05, 4.69) is 20.7 Å². The fourth-order valence-electron chi connectivity index (χ4n) is 1.53. The van der Waals surface area contributed by atoms with E-state index in [1.54, 1.807) is 23.9 Å². The van der Waals surface area contributed by atoms with E-state index in [1.165, 1.54) is 6.07 Å². The van der Waals surface area contributed by atoms with Gasteiger partial charge in [0.05, 0.1) is 0 Å². The van der Waals surface area contributed by atoms with Crippen molar-refractivity contribution in [2.45, 2.75) is 16.4 Å². The van der Waals surface area contributed by atoms with Crippen molar-refractivity contribution in [2.75, 3.05) is 11.0 Å². The number of thioether (sulfide) groups is 1. The van der Waals surface area contributed by atoms with Crippen LogP contribution in [-0.4, -0.2) is 19.8 Å². The monoisotopic (exact) mass is 377 g/mol. The van der Waals surface area contributed by atoms with Gasteiger partial charge in [-0.1, -0.05) is 0 Å². The molecule has 1 aromatic heterocycles. The first-order valence-electron chi connectivity index (χ1n) is 5.52. The minimum absolute atomic E-state index is 0.0458. The Labute approximate surface area is 129 Å². The highest BCUT2D eigenvalue weighted by Crippen LogP contribution is 2.28. The lowest BCUT2D eigenvalue weighted by atomic mass is 10.3. The number of halogens is 1. The molecule has 0 aliphatic heterocycles. The van der Waals surface area contributed by atoms with E-state index in [1.807, 2.05) is 18.4 Å². The molecule has 8 heteroatoms. The standard InChI is InChI=1S/C12H12BrNO4S2/c1-19-10-4-2-8(3-5-10)14-20(16,17)11-6-9(7-15)18-12(11)13/h2-6,14-15H,7H2,1H3. The highest BCUT2D eigenvalue weighted by atomic mass is 79.9. The molecule has 0 saturated heterocycles. The van der Waals surface area contributed by atoms with E-state index < -0.39 is 10.0 Å². The van der Waals surface area contributed by atoms with Crippen molar-refractivity contribution in [3.05, 3.63) is 40.8 Å². The van der Waals surface area contributed by atoms with Gasteiger partial charge in [0.25, 0.3) is 10.0 Å². The average Bonchev–Trinajstić information content (AvgIpc) is 2.81. The molecule has 0 spiro atoms. The van der Waals surface area contributed by atoms with Gasteiger partial charge in [0, 0.05) is 16.6 Å². The summed E-state index contributed by atoms with van der Waals surface area (Å²) in [5.74, 6) is 0.176. The van der Waals surface area contributed by atoms with E-state index in [0.29, 0.717) is 5.69 Å². The third kappa shape index (κ3) is 3.38. The van der Waals surface area contributed by atoms with Gasteiger partial charge in [-0.2, -0.15) is 0 Å². The van der Waals surface area contributed by atoms with Crippen LogP contribution in [0, 0.1) is 0 Å². The summed E-state index contributed by atoms with van der Waals surface area (Å²) in [6, 6.07) is 8.30. The van der Waals surface area contributed by atoms with Gasteiger partial charge in [-0.15, -0.1) is 11.8 Å². The molecule has 0 aliphatic rings. The fraction of sp³-hybridized carbons (Fsp3) is 0.167. The molecule has 2 aromatic rings. The summed E-state index contributed by atoms with van der Waals surface area (Å²) in [5, 5.41) is 8.96. The van der Waals surface area contributed by atoms with Crippen LogP contribution in [0.3, 0.4) is 0 Å². The van der Waals surface area contributed by atoms with Crippen molar-refractivity contribution < 1.29 is 17.9 Å². The van der Waals surface area contributed by atoms with Gasteiger partial charge in [-0.3, -0.25) is 4.72 Å². The predicted octanol–water partition coefficient (Wildman–Crippen LogP) is 3.06. The number of hydrogen-bond donors (Lipinski definition) is 2. The van der Waals surface area contributed by atoms with Crippen LogP contribution in [-0.2, 0) is 16.6 Å². The molecule has 0 amide bonds. The molecule has 2 rings (SSSR count). The maximum absolute atomic E-state index is 12.2. The van der Waals surface area contributed by atoms with E-state index in [-0.39, 0.29) is 21.9 Å². The summed E-state index contributed by atoms with van der Waals surface area (Å²) in [5.41, 5.74) is 0.460. The quantitative estimate of drug-likeness (QED) is 0.782. The molecule has 2 N–H and O–H groups in total. The molecule has 20 heavy (non-hydrogen) atoms. The number of aliphatic hydroxyl groups is 1. The minimum Gasteiger partial charge on any atom is -0.450 e. The summed E-state index contributed by atoms with van der Waals surface area (Å²) in [6.45, 7) is -0.365. The topological polar surface area (TPSA) is 79.5 Å². The second-order valence-corrected chi connectivity index (χ2v) is 7.09. The molecule has 0 atom stereocenters. The van der Waals surface area contributed by atoms with Crippen LogP contribution in [0.2, 0.25) is 0 Å². The molecule has 0 aliphatic carbocycles. The highest BCUT2D eigenvalue weighted by Gasteiger charge is 2.22. The fourth-order valence-corrected chi connectivity index (χ4v) is 3.99.